The van der Waals surface area contributed by atoms with Gasteiger partial charge in [0, 0.05) is 33.2 Å². The highest BCUT2D eigenvalue weighted by atomic mass is 15.0. The molecule has 0 aliphatic heterocycles. The third-order valence-electron chi connectivity index (χ3n) is 11.5. The predicted molar refractivity (Wildman–Crippen MR) is 252 cm³/mol. The van der Waals surface area contributed by atoms with Crippen LogP contribution in [-0.2, 0) is 0 Å². The normalized spacial score (nSPS) is 11.3. The molecule has 0 amide bonds. The molecule has 0 aliphatic carbocycles. The summed E-state index contributed by atoms with van der Waals surface area (Å²) in [5.74, 6) is 1.88. The van der Waals surface area contributed by atoms with E-state index in [2.05, 4.69) is 211 Å². The van der Waals surface area contributed by atoms with Crippen LogP contribution in [0.5, 0.6) is 0 Å². The van der Waals surface area contributed by atoms with Crippen molar-refractivity contribution >= 4 is 21.8 Å². The first-order valence-electron chi connectivity index (χ1n) is 20.6. The Morgan fingerprint density at radius 3 is 1.28 bits per heavy atom. The second-order valence-corrected chi connectivity index (χ2v) is 15.2. The van der Waals surface area contributed by atoms with E-state index < -0.39 is 0 Å². The lowest BCUT2D eigenvalue weighted by Crippen LogP contribution is -2.00. The van der Waals surface area contributed by atoms with E-state index in [1.54, 1.807) is 0 Å². The minimum atomic E-state index is 0.624. The van der Waals surface area contributed by atoms with Crippen molar-refractivity contribution in [2.45, 2.75) is 0 Å². The van der Waals surface area contributed by atoms with Gasteiger partial charge >= 0.3 is 0 Å². The number of rotatable bonds is 8. The van der Waals surface area contributed by atoms with E-state index in [9.17, 15) is 0 Å². The third kappa shape index (κ3) is 6.86. The lowest BCUT2D eigenvalue weighted by molar-refractivity contribution is 1.08. The molecular weight excluding hydrogens is 741 g/mol. The molecule has 4 heteroatoms. The highest BCUT2D eigenvalue weighted by Crippen LogP contribution is 2.39. The van der Waals surface area contributed by atoms with Crippen LogP contribution in [0.3, 0.4) is 0 Å². The quantitative estimate of drug-likeness (QED) is 0.154. The average Bonchev–Trinajstić information content (AvgIpc) is 3.69. The summed E-state index contributed by atoms with van der Waals surface area (Å²) in [5.41, 5.74) is 15.5. The highest BCUT2D eigenvalue weighted by molar-refractivity contribution is 6.15. The fraction of sp³-hybridized carbons (Fsp3) is 0. The van der Waals surface area contributed by atoms with Gasteiger partial charge in [-0.25, -0.2) is 15.0 Å². The second-order valence-electron chi connectivity index (χ2n) is 15.2. The molecule has 0 saturated heterocycles. The molecule has 0 spiro atoms. The number of benzene rings is 9. The van der Waals surface area contributed by atoms with E-state index in [0.29, 0.717) is 17.5 Å². The predicted octanol–water partition coefficient (Wildman–Crippen LogP) is 14.6. The van der Waals surface area contributed by atoms with Crippen molar-refractivity contribution in [3.8, 4) is 84.4 Å². The molecule has 0 atom stereocenters. The van der Waals surface area contributed by atoms with Gasteiger partial charge in [0.1, 0.15) is 0 Å². The summed E-state index contributed by atoms with van der Waals surface area (Å²) in [5, 5.41) is 2.23. The smallest absolute Gasteiger partial charge is 0.164 e. The van der Waals surface area contributed by atoms with Gasteiger partial charge in [0.15, 0.2) is 17.5 Å². The Hall–Kier alpha value is -8.21. The maximum atomic E-state index is 5.27. The van der Waals surface area contributed by atoms with E-state index in [0.717, 1.165) is 55.3 Å². The molecule has 61 heavy (non-hydrogen) atoms. The number of fused-ring (bicyclic) bond motifs is 3. The number of hydrogen-bond acceptors (Lipinski definition) is 3. The van der Waals surface area contributed by atoms with Gasteiger partial charge in [-0.05, 0) is 80.9 Å². The molecule has 0 N–H and O–H groups in total. The van der Waals surface area contributed by atoms with Crippen LogP contribution < -0.4 is 0 Å². The van der Waals surface area contributed by atoms with Crippen molar-refractivity contribution in [2.24, 2.45) is 0 Å². The molecule has 11 rings (SSSR count). The van der Waals surface area contributed by atoms with Crippen LogP contribution in [0.15, 0.2) is 231 Å². The summed E-state index contributed by atoms with van der Waals surface area (Å²) in [6.45, 7) is 0. The molecule has 0 radical (unpaired) electrons. The molecule has 0 unspecified atom stereocenters. The maximum Gasteiger partial charge on any atom is 0.164 e. The molecule has 0 aliphatic rings. The van der Waals surface area contributed by atoms with E-state index in [1.807, 2.05) is 24.3 Å². The number of para-hydroxylation sites is 1. The Bertz CT molecular complexity index is 3320. The maximum absolute atomic E-state index is 5.27. The van der Waals surface area contributed by atoms with Crippen molar-refractivity contribution in [1.82, 2.24) is 19.5 Å². The first-order valence-corrected chi connectivity index (χ1v) is 20.6. The van der Waals surface area contributed by atoms with Gasteiger partial charge in [-0.2, -0.15) is 0 Å². The van der Waals surface area contributed by atoms with E-state index in [4.69, 9.17) is 15.0 Å². The lowest BCUT2D eigenvalue weighted by Gasteiger charge is -2.12. The van der Waals surface area contributed by atoms with E-state index >= 15 is 0 Å². The minimum absolute atomic E-state index is 0.624. The first-order chi connectivity index (χ1) is 30.2. The molecule has 4 nitrogen and oxygen atoms in total. The summed E-state index contributed by atoms with van der Waals surface area (Å²) in [4.78, 5) is 15.6. The molecule has 11 aromatic rings. The summed E-state index contributed by atoms with van der Waals surface area (Å²) >= 11 is 0. The van der Waals surface area contributed by atoms with Crippen LogP contribution in [0, 0.1) is 0 Å². The van der Waals surface area contributed by atoms with Gasteiger partial charge in [0.25, 0.3) is 0 Å². The van der Waals surface area contributed by atoms with Crippen LogP contribution in [0.25, 0.3) is 106 Å². The van der Waals surface area contributed by atoms with Crippen LogP contribution in [0.1, 0.15) is 0 Å². The van der Waals surface area contributed by atoms with Crippen molar-refractivity contribution in [3.63, 3.8) is 0 Å². The summed E-state index contributed by atoms with van der Waals surface area (Å²) in [7, 11) is 0. The zero-order valence-electron chi connectivity index (χ0n) is 33.2. The summed E-state index contributed by atoms with van der Waals surface area (Å²) in [6, 6.07) is 81.1. The van der Waals surface area contributed by atoms with E-state index in [1.165, 1.54) is 33.4 Å². The van der Waals surface area contributed by atoms with Gasteiger partial charge in [0.2, 0.25) is 0 Å². The Morgan fingerprint density at radius 2 is 0.656 bits per heavy atom. The molecule has 0 saturated carbocycles. The molecule has 2 aromatic heterocycles. The van der Waals surface area contributed by atoms with Crippen LogP contribution in [-0.4, -0.2) is 19.5 Å². The lowest BCUT2D eigenvalue weighted by atomic mass is 9.99. The Kier molecular flexibility index (Phi) is 9.14. The number of nitrogens with zero attached hydrogens (tertiary/aromatic N) is 4. The fourth-order valence-electron chi connectivity index (χ4n) is 8.46. The fourth-order valence-corrected chi connectivity index (χ4v) is 8.46. The molecule has 2 heterocycles. The second kappa shape index (κ2) is 15.5. The Balaban J connectivity index is 1.01. The SMILES string of the molecule is c1ccc(-c2ccc(-c3cccc(-c4nc(-c5ccccc5)nc(-c5cccc6c5c5ccccc5n6-c5ccc(-c6cccc(-c7ccccc7)c6)cc5)n4)c3)cc2)cc1. The van der Waals surface area contributed by atoms with Gasteiger partial charge in [-0.3, -0.25) is 0 Å². The van der Waals surface area contributed by atoms with Crippen molar-refractivity contribution in [3.05, 3.63) is 231 Å². The minimum Gasteiger partial charge on any atom is -0.309 e. The molecule has 0 bridgehead atoms. The van der Waals surface area contributed by atoms with Crippen LogP contribution >= 0.6 is 0 Å². The van der Waals surface area contributed by atoms with Crippen LogP contribution in [0.2, 0.25) is 0 Å². The van der Waals surface area contributed by atoms with Gasteiger partial charge in [0.05, 0.1) is 11.0 Å². The van der Waals surface area contributed by atoms with E-state index in [-0.39, 0.29) is 0 Å². The summed E-state index contributed by atoms with van der Waals surface area (Å²) in [6.07, 6.45) is 0. The third-order valence-corrected chi connectivity index (χ3v) is 11.5. The Morgan fingerprint density at radius 1 is 0.262 bits per heavy atom. The van der Waals surface area contributed by atoms with Crippen molar-refractivity contribution in [1.29, 1.82) is 0 Å². The largest absolute Gasteiger partial charge is 0.309 e. The van der Waals surface area contributed by atoms with Gasteiger partial charge in [-0.15, -0.1) is 0 Å². The van der Waals surface area contributed by atoms with Crippen LogP contribution in [0.4, 0.5) is 0 Å². The standard InChI is InChI=1S/C57H38N4/c1-4-15-39(16-5-1)41-29-31-42(32-30-41)47-23-13-24-48(38-47)56-58-55(44-19-8-3-9-20-44)59-57(60-56)51-26-14-28-53-54(51)50-25-10-11-27-52(50)61(53)49-35-33-43(34-36-49)46-22-12-21-45(37-46)40-17-6-2-7-18-40/h1-38H. The van der Waals surface area contributed by atoms with Crippen molar-refractivity contribution in [2.75, 3.05) is 0 Å². The monoisotopic (exact) mass is 778 g/mol. The number of hydrogen-bond donors (Lipinski definition) is 0. The molecule has 286 valence electrons. The molecule has 9 aromatic carbocycles. The average molecular weight is 779 g/mol. The molecule has 0 fully saturated rings. The Labute approximate surface area is 354 Å². The van der Waals surface area contributed by atoms with Gasteiger partial charge < -0.3 is 4.57 Å². The summed E-state index contributed by atoms with van der Waals surface area (Å²) < 4.78 is 2.35. The topological polar surface area (TPSA) is 43.6 Å². The molecular formula is C57H38N4. The zero-order valence-corrected chi connectivity index (χ0v) is 33.2. The van der Waals surface area contributed by atoms with Gasteiger partial charge in [-0.1, -0.05) is 194 Å². The highest BCUT2D eigenvalue weighted by Gasteiger charge is 2.20. The number of aromatic nitrogens is 4. The first kappa shape index (κ1) is 35.9. The zero-order chi connectivity index (χ0) is 40.5. The van der Waals surface area contributed by atoms with Crippen molar-refractivity contribution < 1.29 is 0 Å².